The molecule has 2 aromatic rings. The van der Waals surface area contributed by atoms with E-state index in [4.69, 9.17) is 0 Å². The van der Waals surface area contributed by atoms with Gasteiger partial charge in [-0.25, -0.2) is 8.78 Å². The largest absolute Gasteiger partial charge is 0.507 e. The molecule has 2 N–H and O–H groups in total. The fourth-order valence-corrected chi connectivity index (χ4v) is 1.59. The Kier molecular flexibility index (Phi) is 2.22. The maximum atomic E-state index is 13.5. The van der Waals surface area contributed by atoms with E-state index >= 15 is 0 Å². The molecule has 0 amide bonds. The SMILES string of the molecule is O=c1cc(O)c2cc(F)c(Br)c(F)c2[nH]1. The molecule has 3 nitrogen and oxygen atoms in total. The Bertz CT molecular complexity index is 609. The highest BCUT2D eigenvalue weighted by Gasteiger charge is 2.14. The maximum absolute atomic E-state index is 13.5. The van der Waals surface area contributed by atoms with Crippen molar-refractivity contribution in [3.63, 3.8) is 0 Å². The van der Waals surface area contributed by atoms with Crippen molar-refractivity contribution in [2.75, 3.05) is 0 Å². The number of aromatic hydroxyl groups is 1. The van der Waals surface area contributed by atoms with Crippen molar-refractivity contribution in [1.29, 1.82) is 0 Å². The van der Waals surface area contributed by atoms with Gasteiger partial charge in [-0.3, -0.25) is 4.79 Å². The Morgan fingerprint density at radius 2 is 2.00 bits per heavy atom. The fourth-order valence-electron chi connectivity index (χ4n) is 1.28. The minimum absolute atomic E-state index is 0.0761. The Balaban J connectivity index is 3.05. The second-order valence-corrected chi connectivity index (χ2v) is 3.72. The first-order valence-electron chi connectivity index (χ1n) is 3.90. The minimum atomic E-state index is -0.946. The number of aromatic nitrogens is 1. The van der Waals surface area contributed by atoms with Crippen molar-refractivity contribution in [1.82, 2.24) is 4.98 Å². The lowest BCUT2D eigenvalue weighted by Crippen LogP contribution is -2.05. The number of halogens is 3. The van der Waals surface area contributed by atoms with Gasteiger partial charge in [-0.2, -0.15) is 0 Å². The van der Waals surface area contributed by atoms with Crippen LogP contribution in [0.15, 0.2) is 21.4 Å². The van der Waals surface area contributed by atoms with Crippen LogP contribution in [0.4, 0.5) is 8.78 Å². The fraction of sp³-hybridized carbons (Fsp3) is 0. The first-order chi connectivity index (χ1) is 7.00. The highest BCUT2D eigenvalue weighted by Crippen LogP contribution is 2.30. The van der Waals surface area contributed by atoms with Gasteiger partial charge in [0.25, 0.3) is 5.56 Å². The van der Waals surface area contributed by atoms with E-state index < -0.39 is 22.9 Å². The molecule has 0 saturated heterocycles. The average Bonchev–Trinajstić information content (AvgIpc) is 2.17. The maximum Gasteiger partial charge on any atom is 0.252 e. The number of H-pyrrole nitrogens is 1. The van der Waals surface area contributed by atoms with Gasteiger partial charge in [-0.1, -0.05) is 0 Å². The average molecular weight is 276 g/mol. The smallest absolute Gasteiger partial charge is 0.252 e. The number of nitrogens with one attached hydrogen (secondary N) is 1. The molecule has 78 valence electrons. The van der Waals surface area contributed by atoms with Crippen LogP contribution in [0.25, 0.3) is 10.9 Å². The molecule has 0 aliphatic carbocycles. The molecule has 1 aromatic carbocycles. The van der Waals surface area contributed by atoms with E-state index in [1.165, 1.54) is 0 Å². The monoisotopic (exact) mass is 275 g/mol. The molecule has 0 aliphatic rings. The summed E-state index contributed by atoms with van der Waals surface area (Å²) in [6, 6.07) is 1.79. The molecule has 0 spiro atoms. The zero-order valence-electron chi connectivity index (χ0n) is 7.14. The van der Waals surface area contributed by atoms with E-state index in [9.17, 15) is 18.7 Å². The normalized spacial score (nSPS) is 10.9. The molecule has 1 heterocycles. The van der Waals surface area contributed by atoms with E-state index in [0.717, 1.165) is 12.1 Å². The van der Waals surface area contributed by atoms with Gasteiger partial charge in [0.1, 0.15) is 11.6 Å². The van der Waals surface area contributed by atoms with Crippen LogP contribution in [0.1, 0.15) is 0 Å². The molecule has 2 rings (SSSR count). The lowest BCUT2D eigenvalue weighted by atomic mass is 10.2. The van der Waals surface area contributed by atoms with Gasteiger partial charge >= 0.3 is 0 Å². The summed E-state index contributed by atoms with van der Waals surface area (Å²) in [5.41, 5.74) is -0.884. The van der Waals surface area contributed by atoms with Crippen molar-refractivity contribution in [3.8, 4) is 5.75 Å². The minimum Gasteiger partial charge on any atom is -0.507 e. The number of pyridine rings is 1. The molecule has 0 atom stereocenters. The van der Waals surface area contributed by atoms with E-state index in [0.29, 0.717) is 0 Å². The van der Waals surface area contributed by atoms with Gasteiger partial charge in [0.05, 0.1) is 9.99 Å². The van der Waals surface area contributed by atoms with Crippen molar-refractivity contribution >= 4 is 26.8 Å². The molecule has 0 fully saturated rings. The third-order valence-corrected chi connectivity index (χ3v) is 2.68. The highest BCUT2D eigenvalue weighted by atomic mass is 79.9. The summed E-state index contributed by atoms with van der Waals surface area (Å²) in [5.74, 6) is -2.25. The van der Waals surface area contributed by atoms with Gasteiger partial charge in [-0.15, -0.1) is 0 Å². The number of aromatic amines is 1. The predicted octanol–water partition coefficient (Wildman–Crippen LogP) is 2.27. The van der Waals surface area contributed by atoms with Crippen LogP contribution in [-0.4, -0.2) is 10.1 Å². The number of fused-ring (bicyclic) bond motifs is 1. The standard InChI is InChI=1S/C9H4BrF2NO2/c10-7-4(11)1-3-5(14)2-6(15)13-9(3)8(7)12/h1-2H,(H2,13,14,15). The first kappa shape index (κ1) is 10.1. The third-order valence-electron chi connectivity index (χ3n) is 1.95. The molecule has 0 aliphatic heterocycles. The van der Waals surface area contributed by atoms with Crippen LogP contribution >= 0.6 is 15.9 Å². The van der Waals surface area contributed by atoms with Crippen molar-refractivity contribution in [2.45, 2.75) is 0 Å². The summed E-state index contributed by atoms with van der Waals surface area (Å²) in [6.45, 7) is 0. The Labute approximate surface area is 90.5 Å². The van der Waals surface area contributed by atoms with Crippen LogP contribution in [0.3, 0.4) is 0 Å². The highest BCUT2D eigenvalue weighted by molar-refractivity contribution is 9.10. The summed E-state index contributed by atoms with van der Waals surface area (Å²) in [7, 11) is 0. The number of hydrogen-bond donors (Lipinski definition) is 2. The summed E-state index contributed by atoms with van der Waals surface area (Å²) >= 11 is 2.70. The lowest BCUT2D eigenvalue weighted by Gasteiger charge is -2.04. The summed E-state index contributed by atoms with van der Waals surface area (Å²) in [4.78, 5) is 13.1. The zero-order valence-corrected chi connectivity index (χ0v) is 8.73. The van der Waals surface area contributed by atoms with E-state index in [2.05, 4.69) is 20.9 Å². The Morgan fingerprint density at radius 1 is 1.33 bits per heavy atom. The van der Waals surface area contributed by atoms with Crippen LogP contribution in [0.5, 0.6) is 5.75 Å². The number of rotatable bonds is 0. The van der Waals surface area contributed by atoms with Crippen LogP contribution < -0.4 is 5.56 Å². The van der Waals surface area contributed by atoms with Crippen molar-refractivity contribution < 1.29 is 13.9 Å². The second kappa shape index (κ2) is 3.30. The van der Waals surface area contributed by atoms with Crippen LogP contribution in [-0.2, 0) is 0 Å². The molecule has 0 unspecified atom stereocenters. The number of hydrogen-bond acceptors (Lipinski definition) is 2. The van der Waals surface area contributed by atoms with Gasteiger partial charge in [0, 0.05) is 11.5 Å². The van der Waals surface area contributed by atoms with Crippen LogP contribution in [0.2, 0.25) is 0 Å². The first-order valence-corrected chi connectivity index (χ1v) is 4.69. The molecule has 1 aromatic heterocycles. The predicted molar refractivity (Wildman–Crippen MR) is 53.8 cm³/mol. The molecule has 6 heteroatoms. The second-order valence-electron chi connectivity index (χ2n) is 2.93. The zero-order chi connectivity index (χ0) is 11.2. The van der Waals surface area contributed by atoms with Crippen molar-refractivity contribution in [2.24, 2.45) is 0 Å². The van der Waals surface area contributed by atoms with Gasteiger partial charge in [0.15, 0.2) is 5.82 Å². The van der Waals surface area contributed by atoms with E-state index in [-0.39, 0.29) is 15.4 Å². The summed E-state index contributed by atoms with van der Waals surface area (Å²) < 4.78 is 26.2. The van der Waals surface area contributed by atoms with E-state index in [1.54, 1.807) is 0 Å². The Hall–Kier alpha value is -1.43. The lowest BCUT2D eigenvalue weighted by molar-refractivity contribution is 0.479. The molecule has 0 radical (unpaired) electrons. The van der Waals surface area contributed by atoms with Crippen LogP contribution in [0, 0.1) is 11.6 Å². The van der Waals surface area contributed by atoms with Crippen molar-refractivity contribution in [3.05, 3.63) is 38.6 Å². The molecular weight excluding hydrogens is 272 g/mol. The molecule has 0 bridgehead atoms. The van der Waals surface area contributed by atoms with Gasteiger partial charge < -0.3 is 10.1 Å². The molecule has 0 saturated carbocycles. The quantitative estimate of drug-likeness (QED) is 0.725. The third kappa shape index (κ3) is 1.50. The molecular formula is C9H4BrF2NO2. The Morgan fingerprint density at radius 3 is 2.67 bits per heavy atom. The molecule has 15 heavy (non-hydrogen) atoms. The topological polar surface area (TPSA) is 53.1 Å². The van der Waals surface area contributed by atoms with E-state index in [1.807, 2.05) is 0 Å². The van der Waals surface area contributed by atoms with Gasteiger partial charge in [-0.05, 0) is 22.0 Å². The summed E-state index contributed by atoms with van der Waals surface area (Å²) in [5, 5.41) is 9.25. The van der Waals surface area contributed by atoms with Gasteiger partial charge in [0.2, 0.25) is 0 Å². The summed E-state index contributed by atoms with van der Waals surface area (Å²) in [6.07, 6.45) is 0. The number of benzene rings is 1.